The monoisotopic (exact) mass is 263 g/mol. The van der Waals surface area contributed by atoms with E-state index in [4.69, 9.17) is 10.5 Å². The summed E-state index contributed by atoms with van der Waals surface area (Å²) in [6, 6.07) is 7.38. The largest absolute Gasteiger partial charge is 0.492 e. The van der Waals surface area contributed by atoms with E-state index in [9.17, 15) is 0 Å². The van der Waals surface area contributed by atoms with Gasteiger partial charge in [0, 0.05) is 18.1 Å². The molecule has 0 radical (unpaired) electrons. The highest BCUT2D eigenvalue weighted by Crippen LogP contribution is 2.12. The van der Waals surface area contributed by atoms with Crippen LogP contribution in [0.15, 0.2) is 43.0 Å². The van der Waals surface area contributed by atoms with E-state index >= 15 is 0 Å². The molecule has 19 heavy (non-hydrogen) atoms. The number of aromatic nitrogens is 2. The van der Waals surface area contributed by atoms with Crippen LogP contribution in [0.25, 0.3) is 0 Å². The van der Waals surface area contributed by atoms with Crippen LogP contribution in [0, 0.1) is 0 Å². The van der Waals surface area contributed by atoms with Crippen molar-refractivity contribution in [2.24, 2.45) is 0 Å². The Balaban J connectivity index is 0.000000741. The maximum Gasteiger partial charge on any atom is 0.119 e. The third kappa shape index (κ3) is 7.13. The molecule has 1 aromatic carbocycles. The average Bonchev–Trinajstić information content (AvgIpc) is 2.99. The average molecular weight is 263 g/mol. The minimum Gasteiger partial charge on any atom is -0.492 e. The number of nitrogen functional groups attached to an aromatic ring is 1. The van der Waals surface area contributed by atoms with Gasteiger partial charge in [-0.2, -0.15) is 0 Å². The van der Waals surface area contributed by atoms with E-state index in [1.165, 1.54) is 0 Å². The number of hydrogen-bond donors (Lipinski definition) is 1. The summed E-state index contributed by atoms with van der Waals surface area (Å²) in [7, 11) is 0. The van der Waals surface area contributed by atoms with Gasteiger partial charge in [0.05, 0.1) is 12.9 Å². The predicted octanol–water partition coefficient (Wildman–Crippen LogP) is 3.60. The van der Waals surface area contributed by atoms with Gasteiger partial charge in [0.15, 0.2) is 0 Å². The van der Waals surface area contributed by atoms with Crippen LogP contribution < -0.4 is 10.5 Å². The highest BCUT2D eigenvalue weighted by atomic mass is 16.5. The van der Waals surface area contributed by atoms with E-state index < -0.39 is 0 Å². The SMILES string of the molecule is CC.CC.Nc1ccc(OCCn2ccnc2)cc1. The van der Waals surface area contributed by atoms with Gasteiger partial charge in [0.25, 0.3) is 0 Å². The van der Waals surface area contributed by atoms with Gasteiger partial charge in [-0.15, -0.1) is 0 Å². The van der Waals surface area contributed by atoms with Gasteiger partial charge in [-0.3, -0.25) is 0 Å². The van der Waals surface area contributed by atoms with Crippen LogP contribution in [0.2, 0.25) is 0 Å². The predicted molar refractivity (Wildman–Crippen MR) is 81.3 cm³/mol. The van der Waals surface area contributed by atoms with Crippen molar-refractivity contribution in [1.29, 1.82) is 0 Å². The molecule has 0 aliphatic carbocycles. The van der Waals surface area contributed by atoms with E-state index in [-0.39, 0.29) is 0 Å². The van der Waals surface area contributed by atoms with E-state index in [0.717, 1.165) is 18.0 Å². The highest BCUT2D eigenvalue weighted by Gasteiger charge is 1.93. The summed E-state index contributed by atoms with van der Waals surface area (Å²) in [6.45, 7) is 9.42. The van der Waals surface area contributed by atoms with Gasteiger partial charge in [-0.05, 0) is 24.3 Å². The van der Waals surface area contributed by atoms with Gasteiger partial charge in [-0.25, -0.2) is 4.98 Å². The zero-order valence-corrected chi connectivity index (χ0v) is 12.3. The number of hydrogen-bond acceptors (Lipinski definition) is 3. The number of ether oxygens (including phenoxy) is 1. The third-order valence-electron chi connectivity index (χ3n) is 2.06. The van der Waals surface area contributed by atoms with Crippen molar-refractivity contribution in [2.45, 2.75) is 34.2 Å². The first kappa shape index (κ1) is 17.0. The molecule has 2 aromatic rings. The number of nitrogens with zero attached hydrogens (tertiary/aromatic N) is 2. The summed E-state index contributed by atoms with van der Waals surface area (Å²) in [5, 5.41) is 0. The van der Waals surface area contributed by atoms with Gasteiger partial charge in [0.2, 0.25) is 0 Å². The standard InChI is InChI=1S/C11H13N3O.2C2H6/c12-10-1-3-11(4-2-10)15-8-7-14-6-5-13-9-14;2*1-2/h1-6,9H,7-8,12H2;2*1-2H3. The summed E-state index contributed by atoms with van der Waals surface area (Å²) in [5.74, 6) is 0.837. The van der Waals surface area contributed by atoms with Crippen LogP contribution in [-0.2, 0) is 6.54 Å². The summed E-state index contributed by atoms with van der Waals surface area (Å²) >= 11 is 0. The van der Waals surface area contributed by atoms with E-state index in [2.05, 4.69) is 4.98 Å². The molecule has 2 rings (SSSR count). The van der Waals surface area contributed by atoms with Crippen molar-refractivity contribution >= 4 is 5.69 Å². The lowest BCUT2D eigenvalue weighted by molar-refractivity contribution is 0.298. The molecular formula is C15H25N3O. The first-order chi connectivity index (χ1) is 9.34. The Morgan fingerprint density at radius 1 is 1.11 bits per heavy atom. The lowest BCUT2D eigenvalue weighted by atomic mass is 10.3. The van der Waals surface area contributed by atoms with Crippen molar-refractivity contribution in [3.63, 3.8) is 0 Å². The number of benzene rings is 1. The number of nitrogens with two attached hydrogens (primary N) is 1. The van der Waals surface area contributed by atoms with Crippen LogP contribution >= 0.6 is 0 Å². The molecule has 1 heterocycles. The summed E-state index contributed by atoms with van der Waals surface area (Å²) < 4.78 is 7.50. The van der Waals surface area contributed by atoms with Crippen LogP contribution in [0.4, 0.5) is 5.69 Å². The zero-order chi connectivity index (χ0) is 14.5. The number of imidazole rings is 1. The van der Waals surface area contributed by atoms with Crippen molar-refractivity contribution in [1.82, 2.24) is 9.55 Å². The van der Waals surface area contributed by atoms with E-state index in [0.29, 0.717) is 6.61 Å². The summed E-state index contributed by atoms with van der Waals surface area (Å²) in [4.78, 5) is 3.95. The van der Waals surface area contributed by atoms with Crippen LogP contribution in [0.1, 0.15) is 27.7 Å². The molecule has 0 aliphatic heterocycles. The lowest BCUT2D eigenvalue weighted by Crippen LogP contribution is -2.06. The normalized spacial score (nSPS) is 8.63. The molecule has 0 amide bonds. The van der Waals surface area contributed by atoms with Crippen LogP contribution in [-0.4, -0.2) is 16.2 Å². The molecule has 2 N–H and O–H groups in total. The fourth-order valence-corrected chi connectivity index (χ4v) is 1.25. The van der Waals surface area contributed by atoms with Crippen molar-refractivity contribution < 1.29 is 4.74 Å². The van der Waals surface area contributed by atoms with E-state index in [1.807, 2.05) is 62.7 Å². The molecule has 0 saturated carbocycles. The Morgan fingerprint density at radius 2 is 1.74 bits per heavy atom. The molecule has 106 valence electrons. The zero-order valence-electron chi connectivity index (χ0n) is 12.3. The minimum atomic E-state index is 0.625. The van der Waals surface area contributed by atoms with Gasteiger partial charge in [0.1, 0.15) is 12.4 Å². The quantitative estimate of drug-likeness (QED) is 0.857. The molecule has 4 nitrogen and oxygen atoms in total. The molecule has 0 bridgehead atoms. The lowest BCUT2D eigenvalue weighted by Gasteiger charge is -2.06. The molecule has 0 fully saturated rings. The highest BCUT2D eigenvalue weighted by molar-refractivity contribution is 5.41. The van der Waals surface area contributed by atoms with Gasteiger partial charge in [-0.1, -0.05) is 27.7 Å². The second kappa shape index (κ2) is 11.1. The second-order valence-corrected chi connectivity index (χ2v) is 3.22. The molecule has 0 spiro atoms. The van der Waals surface area contributed by atoms with Crippen LogP contribution in [0.5, 0.6) is 5.75 Å². The van der Waals surface area contributed by atoms with Crippen molar-refractivity contribution in [3.8, 4) is 5.75 Å². The van der Waals surface area contributed by atoms with Gasteiger partial charge >= 0.3 is 0 Å². The molecule has 4 heteroatoms. The summed E-state index contributed by atoms with van der Waals surface area (Å²) in [5.41, 5.74) is 6.31. The molecule has 1 aromatic heterocycles. The maximum absolute atomic E-state index is 5.56. The Bertz CT molecular complexity index is 396. The summed E-state index contributed by atoms with van der Waals surface area (Å²) in [6.07, 6.45) is 5.43. The van der Waals surface area contributed by atoms with Crippen LogP contribution in [0.3, 0.4) is 0 Å². The third-order valence-corrected chi connectivity index (χ3v) is 2.06. The first-order valence-electron chi connectivity index (χ1n) is 6.79. The van der Waals surface area contributed by atoms with E-state index in [1.54, 1.807) is 12.5 Å². The smallest absolute Gasteiger partial charge is 0.119 e. The Hall–Kier alpha value is -1.97. The number of anilines is 1. The van der Waals surface area contributed by atoms with Crippen molar-refractivity contribution in [2.75, 3.05) is 12.3 Å². The Labute approximate surface area is 116 Å². The fraction of sp³-hybridized carbons (Fsp3) is 0.400. The molecule has 0 saturated heterocycles. The molecular weight excluding hydrogens is 238 g/mol. The fourth-order valence-electron chi connectivity index (χ4n) is 1.25. The Morgan fingerprint density at radius 3 is 2.26 bits per heavy atom. The Kier molecular flexibility index (Phi) is 9.98. The van der Waals surface area contributed by atoms with Crippen molar-refractivity contribution in [3.05, 3.63) is 43.0 Å². The molecule has 0 atom stereocenters. The number of rotatable bonds is 4. The minimum absolute atomic E-state index is 0.625. The maximum atomic E-state index is 5.56. The first-order valence-corrected chi connectivity index (χ1v) is 6.79. The topological polar surface area (TPSA) is 53.1 Å². The molecule has 0 unspecified atom stereocenters. The van der Waals surface area contributed by atoms with Gasteiger partial charge < -0.3 is 15.0 Å². The second-order valence-electron chi connectivity index (χ2n) is 3.22. The molecule has 0 aliphatic rings.